The highest BCUT2D eigenvalue weighted by Gasteiger charge is 2.12. The topological polar surface area (TPSA) is 69.1 Å². The van der Waals surface area contributed by atoms with Gasteiger partial charge in [0.25, 0.3) is 0 Å². The molecule has 0 aliphatic heterocycles. The first kappa shape index (κ1) is 9.88. The van der Waals surface area contributed by atoms with Crippen LogP contribution in [0.3, 0.4) is 0 Å². The molecule has 2 N–H and O–H groups in total. The minimum atomic E-state index is -0.122. The third-order valence-electron chi connectivity index (χ3n) is 2.33. The van der Waals surface area contributed by atoms with Crippen molar-refractivity contribution in [2.24, 2.45) is 5.73 Å². The van der Waals surface area contributed by atoms with E-state index in [4.69, 9.17) is 5.73 Å². The van der Waals surface area contributed by atoms with Crippen molar-refractivity contribution in [3.8, 4) is 0 Å². The molecule has 3 rings (SSSR count). The van der Waals surface area contributed by atoms with Crippen LogP contribution >= 0.6 is 23.1 Å². The zero-order valence-corrected chi connectivity index (χ0v) is 9.91. The monoisotopic (exact) mass is 251 g/mol. The van der Waals surface area contributed by atoms with Crippen molar-refractivity contribution >= 4 is 28.0 Å². The van der Waals surface area contributed by atoms with E-state index in [0.717, 1.165) is 16.3 Å². The zero-order chi connectivity index (χ0) is 11.0. The number of hydrogen-bond acceptors (Lipinski definition) is 6. The number of aromatic nitrogens is 4. The normalized spacial score (nSPS) is 13.3. The Kier molecular flexibility index (Phi) is 2.43. The van der Waals surface area contributed by atoms with Gasteiger partial charge >= 0.3 is 0 Å². The first-order valence-electron chi connectivity index (χ1n) is 4.77. The molecular formula is C9H9N5S2. The van der Waals surface area contributed by atoms with Crippen LogP contribution in [-0.4, -0.2) is 18.1 Å². The molecule has 3 aromatic heterocycles. The van der Waals surface area contributed by atoms with Crippen molar-refractivity contribution in [1.29, 1.82) is 0 Å². The number of nitrogens with two attached hydrogens (primary N) is 1. The van der Waals surface area contributed by atoms with Gasteiger partial charge in [0.05, 0.1) is 35.4 Å². The molecule has 3 heterocycles. The molecule has 0 aromatic carbocycles. The molecule has 82 valence electrons. The molecule has 0 fully saturated rings. The maximum atomic E-state index is 6.02. The molecule has 5 nitrogen and oxygen atoms in total. The quantitative estimate of drug-likeness (QED) is 0.765. The second-order valence-corrected chi connectivity index (χ2v) is 4.90. The Hall–Kier alpha value is -1.31. The van der Waals surface area contributed by atoms with Crippen LogP contribution < -0.4 is 5.73 Å². The lowest BCUT2D eigenvalue weighted by Crippen LogP contribution is -2.13. The summed E-state index contributed by atoms with van der Waals surface area (Å²) in [7, 11) is 0. The van der Waals surface area contributed by atoms with E-state index < -0.39 is 0 Å². The number of imidazole rings is 1. The average Bonchev–Trinajstić information content (AvgIpc) is 2.91. The van der Waals surface area contributed by atoms with Gasteiger partial charge in [-0.3, -0.25) is 4.40 Å². The molecule has 0 amide bonds. The Bertz CT molecular complexity index is 553. The van der Waals surface area contributed by atoms with E-state index in [1.807, 2.05) is 22.2 Å². The van der Waals surface area contributed by atoms with Gasteiger partial charge in [0.1, 0.15) is 0 Å². The third kappa shape index (κ3) is 1.73. The summed E-state index contributed by atoms with van der Waals surface area (Å²) in [5, 5.41) is 2.01. The molecule has 1 atom stereocenters. The highest BCUT2D eigenvalue weighted by Crippen LogP contribution is 2.16. The van der Waals surface area contributed by atoms with E-state index in [2.05, 4.69) is 13.7 Å². The van der Waals surface area contributed by atoms with E-state index >= 15 is 0 Å². The van der Waals surface area contributed by atoms with Crippen LogP contribution in [0.25, 0.3) is 4.96 Å². The van der Waals surface area contributed by atoms with Gasteiger partial charge in [-0.1, -0.05) is 0 Å². The summed E-state index contributed by atoms with van der Waals surface area (Å²) in [4.78, 5) is 5.48. The summed E-state index contributed by atoms with van der Waals surface area (Å²) in [6.07, 6.45) is 6.41. The first-order valence-corrected chi connectivity index (χ1v) is 6.38. The summed E-state index contributed by atoms with van der Waals surface area (Å²) < 4.78 is 10.1. The molecule has 7 heteroatoms. The summed E-state index contributed by atoms with van der Waals surface area (Å²) in [6.45, 7) is 0. The minimum absolute atomic E-state index is 0.122. The molecule has 0 radical (unpaired) electrons. The number of fused-ring (bicyclic) bond motifs is 1. The average molecular weight is 251 g/mol. The predicted octanol–water partition coefficient (Wildman–Crippen LogP) is 1.49. The van der Waals surface area contributed by atoms with Gasteiger partial charge in [0.15, 0.2) is 4.96 Å². The fraction of sp³-hybridized carbons (Fsp3) is 0.222. The summed E-state index contributed by atoms with van der Waals surface area (Å²) in [5.74, 6) is 0. The van der Waals surface area contributed by atoms with Gasteiger partial charge < -0.3 is 5.73 Å². The van der Waals surface area contributed by atoms with Crippen molar-refractivity contribution in [1.82, 2.24) is 18.1 Å². The Morgan fingerprint density at radius 3 is 3.19 bits per heavy atom. The van der Waals surface area contributed by atoms with Gasteiger partial charge in [-0.2, -0.15) is 8.75 Å². The van der Waals surface area contributed by atoms with Crippen LogP contribution in [0.1, 0.15) is 17.4 Å². The molecule has 16 heavy (non-hydrogen) atoms. The van der Waals surface area contributed by atoms with Gasteiger partial charge in [0, 0.05) is 24.2 Å². The first-order chi connectivity index (χ1) is 7.83. The standard InChI is InChI=1S/C9H9N5S2/c10-7(8-4-11-16-13-8)3-6-5-14-1-2-15-9(14)12-6/h1-2,4-5,7H,3,10H2. The van der Waals surface area contributed by atoms with Crippen LogP contribution in [-0.2, 0) is 6.42 Å². The lowest BCUT2D eigenvalue weighted by Gasteiger charge is -2.04. The van der Waals surface area contributed by atoms with Crippen molar-refractivity contribution < 1.29 is 0 Å². The largest absolute Gasteiger partial charge is 0.322 e. The SMILES string of the molecule is NC(Cc1cn2ccsc2n1)c1cnsn1. The Morgan fingerprint density at radius 2 is 2.44 bits per heavy atom. The van der Waals surface area contributed by atoms with E-state index in [9.17, 15) is 0 Å². The van der Waals surface area contributed by atoms with E-state index in [1.165, 1.54) is 11.7 Å². The second-order valence-electron chi connectivity index (χ2n) is 3.47. The van der Waals surface area contributed by atoms with Gasteiger partial charge in [-0.25, -0.2) is 4.98 Å². The number of hydrogen-bond donors (Lipinski definition) is 1. The van der Waals surface area contributed by atoms with Crippen LogP contribution in [0, 0.1) is 0 Å². The molecule has 0 aliphatic rings. The van der Waals surface area contributed by atoms with Gasteiger partial charge in [0.2, 0.25) is 0 Å². The Balaban J connectivity index is 1.82. The fourth-order valence-electron chi connectivity index (χ4n) is 1.54. The zero-order valence-electron chi connectivity index (χ0n) is 8.28. The van der Waals surface area contributed by atoms with Crippen molar-refractivity contribution in [3.63, 3.8) is 0 Å². The van der Waals surface area contributed by atoms with Gasteiger partial charge in [-0.15, -0.1) is 11.3 Å². The van der Waals surface area contributed by atoms with Crippen molar-refractivity contribution in [2.45, 2.75) is 12.5 Å². The van der Waals surface area contributed by atoms with E-state index in [0.29, 0.717) is 6.42 Å². The highest BCUT2D eigenvalue weighted by atomic mass is 32.1. The van der Waals surface area contributed by atoms with Crippen LogP contribution in [0.5, 0.6) is 0 Å². The Labute approximate surface area is 99.9 Å². The maximum absolute atomic E-state index is 6.02. The molecular weight excluding hydrogens is 242 g/mol. The Morgan fingerprint density at radius 1 is 1.50 bits per heavy atom. The molecule has 0 bridgehead atoms. The maximum Gasteiger partial charge on any atom is 0.193 e. The molecule has 3 aromatic rings. The molecule has 1 unspecified atom stereocenters. The lowest BCUT2D eigenvalue weighted by molar-refractivity contribution is 0.694. The summed E-state index contributed by atoms with van der Waals surface area (Å²) in [5.41, 5.74) is 7.85. The predicted molar refractivity (Wildman–Crippen MR) is 63.6 cm³/mol. The van der Waals surface area contributed by atoms with Crippen LogP contribution in [0.15, 0.2) is 24.0 Å². The van der Waals surface area contributed by atoms with E-state index in [-0.39, 0.29) is 6.04 Å². The highest BCUT2D eigenvalue weighted by molar-refractivity contribution is 7.15. The molecule has 0 saturated heterocycles. The molecule has 0 saturated carbocycles. The number of thiazole rings is 1. The third-order valence-corrected chi connectivity index (χ3v) is 3.59. The van der Waals surface area contributed by atoms with Crippen molar-refractivity contribution in [3.05, 3.63) is 35.4 Å². The van der Waals surface area contributed by atoms with Crippen LogP contribution in [0.2, 0.25) is 0 Å². The van der Waals surface area contributed by atoms with Crippen molar-refractivity contribution in [2.75, 3.05) is 0 Å². The smallest absolute Gasteiger partial charge is 0.193 e. The van der Waals surface area contributed by atoms with E-state index in [1.54, 1.807) is 17.5 Å². The van der Waals surface area contributed by atoms with Gasteiger partial charge in [-0.05, 0) is 0 Å². The fourth-order valence-corrected chi connectivity index (χ4v) is 2.74. The van der Waals surface area contributed by atoms with Crippen LogP contribution in [0.4, 0.5) is 0 Å². The lowest BCUT2D eigenvalue weighted by atomic mass is 10.1. The minimum Gasteiger partial charge on any atom is -0.322 e. The number of rotatable bonds is 3. The second kappa shape index (κ2) is 3.93. The summed E-state index contributed by atoms with van der Waals surface area (Å²) in [6, 6.07) is -0.122. The summed E-state index contributed by atoms with van der Waals surface area (Å²) >= 11 is 2.80. The molecule has 0 aliphatic carbocycles. The molecule has 0 spiro atoms. The number of nitrogens with zero attached hydrogens (tertiary/aromatic N) is 4.